The second kappa shape index (κ2) is 8.30. The first-order valence-electron chi connectivity index (χ1n) is 8.42. The summed E-state index contributed by atoms with van der Waals surface area (Å²) in [5.41, 5.74) is 0.0898. The summed E-state index contributed by atoms with van der Waals surface area (Å²) >= 11 is 0. The van der Waals surface area contributed by atoms with Gasteiger partial charge in [-0.05, 0) is 44.2 Å². The van der Waals surface area contributed by atoms with E-state index in [1.165, 1.54) is 5.56 Å². The zero-order valence-corrected chi connectivity index (χ0v) is 13.6. The minimum absolute atomic E-state index is 0.101. The van der Waals surface area contributed by atoms with Crippen LogP contribution in [0.2, 0.25) is 0 Å². The number of carbonyl (C=O) groups is 1. The van der Waals surface area contributed by atoms with Crippen LogP contribution in [0.25, 0.3) is 0 Å². The number of piperidine rings is 1. The van der Waals surface area contributed by atoms with E-state index in [9.17, 15) is 9.90 Å². The molecule has 0 radical (unpaired) electrons. The third-order valence-electron chi connectivity index (χ3n) is 4.28. The van der Waals surface area contributed by atoms with Crippen molar-refractivity contribution in [3.63, 3.8) is 0 Å². The molecule has 1 atom stereocenters. The molecule has 1 saturated heterocycles. The maximum absolute atomic E-state index is 12.5. The highest BCUT2D eigenvalue weighted by Gasteiger charge is 2.41. The van der Waals surface area contributed by atoms with E-state index in [-0.39, 0.29) is 5.91 Å². The van der Waals surface area contributed by atoms with Crippen LogP contribution in [-0.2, 0) is 11.2 Å². The molecular weight excluding hydrogens is 276 g/mol. The van der Waals surface area contributed by atoms with Gasteiger partial charge >= 0.3 is 0 Å². The lowest BCUT2D eigenvalue weighted by Gasteiger charge is -2.38. The van der Waals surface area contributed by atoms with Gasteiger partial charge in [0.2, 0.25) is 0 Å². The van der Waals surface area contributed by atoms with Crippen LogP contribution in [-0.4, -0.2) is 47.7 Å². The van der Waals surface area contributed by atoms with Gasteiger partial charge in [0, 0.05) is 19.6 Å². The number of benzene rings is 1. The highest BCUT2D eigenvalue weighted by atomic mass is 16.3. The van der Waals surface area contributed by atoms with E-state index in [4.69, 9.17) is 0 Å². The Morgan fingerprint density at radius 3 is 2.82 bits per heavy atom. The van der Waals surface area contributed by atoms with Gasteiger partial charge in [0.1, 0.15) is 0 Å². The molecular formula is C18H28N2O2. The molecule has 0 aromatic heterocycles. The number of hydrogen-bond acceptors (Lipinski definition) is 3. The van der Waals surface area contributed by atoms with Gasteiger partial charge in [0.15, 0.2) is 5.60 Å². The van der Waals surface area contributed by atoms with Crippen LogP contribution in [0.5, 0.6) is 0 Å². The van der Waals surface area contributed by atoms with Crippen molar-refractivity contribution in [2.45, 2.75) is 44.6 Å². The lowest BCUT2D eigenvalue weighted by Crippen LogP contribution is -2.58. The SMILES string of the molecule is CCCNCC1(O)CCCN(CCCc2ccccc2)C1=O. The number of aryl methyl sites for hydroxylation is 1. The van der Waals surface area contributed by atoms with Crippen LogP contribution < -0.4 is 5.32 Å². The monoisotopic (exact) mass is 304 g/mol. The molecule has 4 nitrogen and oxygen atoms in total. The molecule has 1 unspecified atom stereocenters. The molecule has 122 valence electrons. The number of likely N-dealkylation sites (tertiary alicyclic amines) is 1. The molecule has 2 N–H and O–H groups in total. The number of hydrogen-bond donors (Lipinski definition) is 2. The zero-order valence-electron chi connectivity index (χ0n) is 13.6. The maximum atomic E-state index is 12.5. The standard InChI is InChI=1S/C18H28N2O2/c1-2-12-19-15-18(22)11-7-14-20(17(18)21)13-6-10-16-8-4-3-5-9-16/h3-5,8-9,19,22H,2,6-7,10-15H2,1H3. The van der Waals surface area contributed by atoms with E-state index in [2.05, 4.69) is 24.4 Å². The predicted octanol–water partition coefficient (Wildman–Crippen LogP) is 1.97. The molecule has 1 aliphatic rings. The van der Waals surface area contributed by atoms with Crippen molar-refractivity contribution in [2.24, 2.45) is 0 Å². The van der Waals surface area contributed by atoms with E-state index in [1.807, 2.05) is 23.1 Å². The third kappa shape index (κ3) is 4.55. The number of nitrogens with one attached hydrogen (secondary N) is 1. The Bertz CT molecular complexity index is 463. The highest BCUT2D eigenvalue weighted by Crippen LogP contribution is 2.22. The van der Waals surface area contributed by atoms with E-state index < -0.39 is 5.60 Å². The molecule has 1 amide bonds. The summed E-state index contributed by atoms with van der Waals surface area (Å²) in [5, 5.41) is 13.8. The number of nitrogens with zero attached hydrogens (tertiary/aromatic N) is 1. The number of aliphatic hydroxyl groups is 1. The topological polar surface area (TPSA) is 52.6 Å². The first kappa shape index (κ1) is 17.0. The van der Waals surface area contributed by atoms with Crippen LogP contribution in [0.1, 0.15) is 38.2 Å². The summed E-state index contributed by atoms with van der Waals surface area (Å²) < 4.78 is 0. The molecule has 0 spiro atoms. The van der Waals surface area contributed by atoms with Gasteiger partial charge < -0.3 is 15.3 Å². The van der Waals surface area contributed by atoms with Crippen LogP contribution in [0.4, 0.5) is 0 Å². The van der Waals surface area contributed by atoms with Crippen LogP contribution in [0.3, 0.4) is 0 Å². The molecule has 1 heterocycles. The lowest BCUT2D eigenvalue weighted by atomic mass is 9.91. The quantitative estimate of drug-likeness (QED) is 0.722. The van der Waals surface area contributed by atoms with Crippen molar-refractivity contribution in [3.8, 4) is 0 Å². The van der Waals surface area contributed by atoms with Crippen molar-refractivity contribution in [3.05, 3.63) is 35.9 Å². The minimum Gasteiger partial charge on any atom is -0.379 e. The summed E-state index contributed by atoms with van der Waals surface area (Å²) in [7, 11) is 0. The summed E-state index contributed by atoms with van der Waals surface area (Å²) in [6, 6.07) is 10.3. The predicted molar refractivity (Wildman–Crippen MR) is 88.7 cm³/mol. The second-order valence-corrected chi connectivity index (χ2v) is 6.19. The van der Waals surface area contributed by atoms with E-state index in [0.29, 0.717) is 13.0 Å². The van der Waals surface area contributed by atoms with E-state index >= 15 is 0 Å². The Labute approximate surface area is 133 Å². The summed E-state index contributed by atoms with van der Waals surface area (Å²) in [6.45, 7) is 4.78. The van der Waals surface area contributed by atoms with Gasteiger partial charge in [-0.25, -0.2) is 0 Å². The largest absolute Gasteiger partial charge is 0.379 e. The first-order valence-corrected chi connectivity index (χ1v) is 8.42. The fourth-order valence-corrected chi connectivity index (χ4v) is 3.03. The summed E-state index contributed by atoms with van der Waals surface area (Å²) in [4.78, 5) is 14.4. The average molecular weight is 304 g/mol. The summed E-state index contributed by atoms with van der Waals surface area (Å²) in [6.07, 6.45) is 4.36. The Kier molecular flexibility index (Phi) is 6.40. The van der Waals surface area contributed by atoms with Gasteiger partial charge in [-0.15, -0.1) is 0 Å². The Hall–Kier alpha value is -1.39. The van der Waals surface area contributed by atoms with E-state index in [1.54, 1.807) is 0 Å². The summed E-state index contributed by atoms with van der Waals surface area (Å²) in [5.74, 6) is -0.101. The van der Waals surface area contributed by atoms with Crippen LogP contribution in [0.15, 0.2) is 30.3 Å². The maximum Gasteiger partial charge on any atom is 0.255 e. The minimum atomic E-state index is -1.21. The molecule has 1 aliphatic heterocycles. The van der Waals surface area contributed by atoms with Gasteiger partial charge in [0.05, 0.1) is 0 Å². The Morgan fingerprint density at radius 1 is 1.32 bits per heavy atom. The number of rotatable bonds is 8. The molecule has 4 heteroatoms. The molecule has 1 aromatic carbocycles. The molecule has 2 rings (SSSR count). The molecule has 0 aliphatic carbocycles. The first-order chi connectivity index (χ1) is 10.7. The number of carbonyl (C=O) groups excluding carboxylic acids is 1. The molecule has 22 heavy (non-hydrogen) atoms. The molecule has 1 fully saturated rings. The smallest absolute Gasteiger partial charge is 0.255 e. The van der Waals surface area contributed by atoms with Crippen molar-refractivity contribution in [1.29, 1.82) is 0 Å². The third-order valence-corrected chi connectivity index (χ3v) is 4.28. The van der Waals surface area contributed by atoms with Crippen molar-refractivity contribution < 1.29 is 9.90 Å². The fourth-order valence-electron chi connectivity index (χ4n) is 3.03. The fraction of sp³-hybridized carbons (Fsp3) is 0.611. The highest BCUT2D eigenvalue weighted by molar-refractivity contribution is 5.86. The van der Waals surface area contributed by atoms with Gasteiger partial charge in [0.25, 0.3) is 5.91 Å². The van der Waals surface area contributed by atoms with Crippen molar-refractivity contribution >= 4 is 5.91 Å². The Balaban J connectivity index is 1.82. The van der Waals surface area contributed by atoms with E-state index in [0.717, 1.165) is 45.3 Å². The molecule has 1 aromatic rings. The van der Waals surface area contributed by atoms with Crippen molar-refractivity contribution in [1.82, 2.24) is 10.2 Å². The van der Waals surface area contributed by atoms with Crippen LogP contribution in [0, 0.1) is 0 Å². The lowest BCUT2D eigenvalue weighted by molar-refractivity contribution is -0.156. The van der Waals surface area contributed by atoms with Crippen LogP contribution >= 0.6 is 0 Å². The Morgan fingerprint density at radius 2 is 2.09 bits per heavy atom. The van der Waals surface area contributed by atoms with Gasteiger partial charge in [-0.2, -0.15) is 0 Å². The molecule has 0 bridgehead atoms. The molecule has 0 saturated carbocycles. The average Bonchev–Trinajstić information content (AvgIpc) is 2.53. The van der Waals surface area contributed by atoms with Gasteiger partial charge in [-0.1, -0.05) is 37.3 Å². The van der Waals surface area contributed by atoms with Gasteiger partial charge in [-0.3, -0.25) is 4.79 Å². The second-order valence-electron chi connectivity index (χ2n) is 6.19. The van der Waals surface area contributed by atoms with Crippen molar-refractivity contribution in [2.75, 3.05) is 26.2 Å². The normalized spacial score (nSPS) is 22.1. The zero-order chi connectivity index (χ0) is 15.8. The number of amides is 1.